The first-order valence-corrected chi connectivity index (χ1v) is 10.4. The second-order valence-corrected chi connectivity index (χ2v) is 7.97. The lowest BCUT2D eigenvalue weighted by Crippen LogP contribution is -2.27. The highest BCUT2D eigenvalue weighted by Crippen LogP contribution is 2.36. The van der Waals surface area contributed by atoms with Crippen LogP contribution in [0.4, 0.5) is 13.2 Å². The van der Waals surface area contributed by atoms with Gasteiger partial charge in [-0.15, -0.1) is 0 Å². The lowest BCUT2D eigenvalue weighted by Gasteiger charge is -2.18. The molecule has 7 heteroatoms. The Morgan fingerprint density at radius 3 is 2.35 bits per heavy atom. The Hall–Kier alpha value is -3.09. The summed E-state index contributed by atoms with van der Waals surface area (Å²) in [6.07, 6.45) is -1.50. The number of amides is 1. The Morgan fingerprint density at radius 1 is 1.00 bits per heavy atom. The minimum atomic E-state index is -4.45. The van der Waals surface area contributed by atoms with Crippen molar-refractivity contribution >= 4 is 5.91 Å². The SMILES string of the molecule is CN(Cc1ccc(-n2nc(C(F)(F)F)c3c2CCCC3)cc1)C(=O)Cc1ccccc1. The maximum absolute atomic E-state index is 13.4. The molecule has 0 saturated heterocycles. The highest BCUT2D eigenvalue weighted by molar-refractivity contribution is 5.78. The molecule has 31 heavy (non-hydrogen) atoms. The first kappa shape index (κ1) is 21.2. The van der Waals surface area contributed by atoms with Gasteiger partial charge in [-0.1, -0.05) is 42.5 Å². The Bertz CT molecular complexity index is 1060. The van der Waals surface area contributed by atoms with Gasteiger partial charge >= 0.3 is 6.18 Å². The second-order valence-electron chi connectivity index (χ2n) is 7.97. The van der Waals surface area contributed by atoms with Gasteiger partial charge in [0.25, 0.3) is 0 Å². The summed E-state index contributed by atoms with van der Waals surface area (Å²) in [5.41, 5.74) is 2.69. The molecule has 0 atom stereocenters. The monoisotopic (exact) mass is 427 g/mol. The number of hydrogen-bond donors (Lipinski definition) is 0. The molecule has 0 radical (unpaired) electrons. The molecule has 1 amide bonds. The molecule has 1 aliphatic carbocycles. The van der Waals surface area contributed by atoms with Crippen molar-refractivity contribution in [3.63, 3.8) is 0 Å². The maximum Gasteiger partial charge on any atom is 0.435 e. The number of aromatic nitrogens is 2. The Kier molecular flexibility index (Phi) is 5.85. The summed E-state index contributed by atoms with van der Waals surface area (Å²) < 4.78 is 41.7. The van der Waals surface area contributed by atoms with Crippen molar-refractivity contribution in [3.05, 3.63) is 82.7 Å². The first-order chi connectivity index (χ1) is 14.8. The third kappa shape index (κ3) is 4.65. The Labute approximate surface area is 179 Å². The van der Waals surface area contributed by atoms with Gasteiger partial charge in [0.05, 0.1) is 12.1 Å². The molecule has 0 aliphatic heterocycles. The molecule has 0 saturated carbocycles. The third-order valence-corrected chi connectivity index (χ3v) is 5.67. The number of likely N-dealkylation sites (N-methyl/N-ethyl adjacent to an activating group) is 1. The van der Waals surface area contributed by atoms with E-state index in [0.717, 1.165) is 24.0 Å². The van der Waals surface area contributed by atoms with E-state index < -0.39 is 11.9 Å². The van der Waals surface area contributed by atoms with E-state index in [-0.39, 0.29) is 5.91 Å². The summed E-state index contributed by atoms with van der Waals surface area (Å²) in [5, 5.41) is 3.93. The van der Waals surface area contributed by atoms with Crippen molar-refractivity contribution in [2.24, 2.45) is 0 Å². The van der Waals surface area contributed by atoms with Crippen LogP contribution in [0.25, 0.3) is 5.69 Å². The van der Waals surface area contributed by atoms with Crippen molar-refractivity contribution in [3.8, 4) is 5.69 Å². The van der Waals surface area contributed by atoms with E-state index in [1.165, 1.54) is 4.68 Å². The van der Waals surface area contributed by atoms with Gasteiger partial charge in [0.15, 0.2) is 5.69 Å². The number of carbonyl (C=O) groups excluding carboxylic acids is 1. The molecule has 4 rings (SSSR count). The predicted molar refractivity (Wildman–Crippen MR) is 112 cm³/mol. The molecule has 3 aromatic rings. The largest absolute Gasteiger partial charge is 0.435 e. The quantitative estimate of drug-likeness (QED) is 0.577. The molecule has 0 spiro atoms. The lowest BCUT2D eigenvalue weighted by atomic mass is 9.95. The molecule has 1 aromatic heterocycles. The van der Waals surface area contributed by atoms with E-state index in [9.17, 15) is 18.0 Å². The maximum atomic E-state index is 13.4. The smallest absolute Gasteiger partial charge is 0.341 e. The summed E-state index contributed by atoms with van der Waals surface area (Å²) in [4.78, 5) is 14.1. The molecular formula is C24H24F3N3O. The molecule has 2 aromatic carbocycles. The standard InChI is InChI=1S/C24H24F3N3O/c1-29(22(31)15-17-7-3-2-4-8-17)16-18-11-13-19(14-12-18)30-21-10-6-5-9-20(21)23(28-30)24(25,26)27/h2-4,7-8,11-14H,5-6,9-10,15-16H2,1H3. The average molecular weight is 427 g/mol. The van der Waals surface area contributed by atoms with Crippen molar-refractivity contribution in [1.82, 2.24) is 14.7 Å². The van der Waals surface area contributed by atoms with Gasteiger partial charge in [0, 0.05) is 24.8 Å². The van der Waals surface area contributed by atoms with E-state index in [1.54, 1.807) is 24.1 Å². The van der Waals surface area contributed by atoms with Gasteiger partial charge in [-0.2, -0.15) is 18.3 Å². The fraction of sp³-hybridized carbons (Fsp3) is 0.333. The minimum Gasteiger partial charge on any atom is -0.341 e. The van der Waals surface area contributed by atoms with Crippen LogP contribution in [0.1, 0.15) is 40.9 Å². The Morgan fingerprint density at radius 2 is 1.68 bits per heavy atom. The average Bonchev–Trinajstić information content (AvgIpc) is 3.15. The van der Waals surface area contributed by atoms with Crippen LogP contribution >= 0.6 is 0 Å². The number of carbonyl (C=O) groups is 1. The number of alkyl halides is 3. The number of hydrogen-bond acceptors (Lipinski definition) is 2. The van der Waals surface area contributed by atoms with E-state index in [0.29, 0.717) is 42.8 Å². The van der Waals surface area contributed by atoms with Crippen LogP contribution in [-0.4, -0.2) is 27.6 Å². The van der Waals surface area contributed by atoms with Crippen LogP contribution in [0.2, 0.25) is 0 Å². The minimum absolute atomic E-state index is 0.00578. The number of benzene rings is 2. The number of rotatable bonds is 5. The zero-order chi connectivity index (χ0) is 22.0. The van der Waals surface area contributed by atoms with Crippen molar-refractivity contribution < 1.29 is 18.0 Å². The molecule has 0 bridgehead atoms. The van der Waals surface area contributed by atoms with Gasteiger partial charge in [-0.25, -0.2) is 4.68 Å². The Balaban J connectivity index is 1.50. The van der Waals surface area contributed by atoms with Crippen LogP contribution in [0.15, 0.2) is 54.6 Å². The predicted octanol–water partition coefficient (Wildman–Crippen LogP) is 4.97. The molecular weight excluding hydrogens is 403 g/mol. The van der Waals surface area contributed by atoms with Crippen LogP contribution in [0.3, 0.4) is 0 Å². The summed E-state index contributed by atoms with van der Waals surface area (Å²) in [5.74, 6) is 0.00578. The highest BCUT2D eigenvalue weighted by atomic mass is 19.4. The van der Waals surface area contributed by atoms with Gasteiger partial charge < -0.3 is 4.90 Å². The third-order valence-electron chi connectivity index (χ3n) is 5.67. The van der Waals surface area contributed by atoms with Crippen LogP contribution in [0, 0.1) is 0 Å². The van der Waals surface area contributed by atoms with Gasteiger partial charge in [-0.05, 0) is 48.9 Å². The van der Waals surface area contributed by atoms with E-state index in [4.69, 9.17) is 0 Å². The number of nitrogens with zero attached hydrogens (tertiary/aromatic N) is 3. The molecule has 1 aliphatic rings. The highest BCUT2D eigenvalue weighted by Gasteiger charge is 2.39. The lowest BCUT2D eigenvalue weighted by molar-refractivity contribution is -0.142. The molecule has 4 nitrogen and oxygen atoms in total. The van der Waals surface area contributed by atoms with Gasteiger partial charge in [0.1, 0.15) is 0 Å². The zero-order valence-electron chi connectivity index (χ0n) is 17.3. The topological polar surface area (TPSA) is 38.1 Å². The van der Waals surface area contributed by atoms with Crippen LogP contribution < -0.4 is 0 Å². The number of fused-ring (bicyclic) bond motifs is 1. The number of halogens is 3. The van der Waals surface area contributed by atoms with Gasteiger partial charge in [-0.3, -0.25) is 4.79 Å². The zero-order valence-corrected chi connectivity index (χ0v) is 17.3. The van der Waals surface area contributed by atoms with Crippen molar-refractivity contribution in [2.45, 2.75) is 44.8 Å². The molecule has 0 fully saturated rings. The molecule has 1 heterocycles. The van der Waals surface area contributed by atoms with E-state index in [2.05, 4.69) is 5.10 Å². The van der Waals surface area contributed by atoms with Crippen LogP contribution in [-0.2, 0) is 36.8 Å². The summed E-state index contributed by atoms with van der Waals surface area (Å²) in [6, 6.07) is 16.8. The van der Waals surface area contributed by atoms with Crippen LogP contribution in [0.5, 0.6) is 0 Å². The fourth-order valence-corrected chi connectivity index (χ4v) is 4.05. The molecule has 0 N–H and O–H groups in total. The summed E-state index contributed by atoms with van der Waals surface area (Å²) in [6.45, 7) is 0.428. The molecule has 162 valence electrons. The van der Waals surface area contributed by atoms with Gasteiger partial charge in [0.2, 0.25) is 5.91 Å². The second kappa shape index (κ2) is 8.57. The van der Waals surface area contributed by atoms with E-state index in [1.807, 2.05) is 42.5 Å². The summed E-state index contributed by atoms with van der Waals surface area (Å²) in [7, 11) is 1.75. The van der Waals surface area contributed by atoms with E-state index >= 15 is 0 Å². The van der Waals surface area contributed by atoms with Crippen molar-refractivity contribution in [2.75, 3.05) is 7.05 Å². The normalized spacial score (nSPS) is 13.7. The fourth-order valence-electron chi connectivity index (χ4n) is 4.05. The van der Waals surface area contributed by atoms with Crippen molar-refractivity contribution in [1.29, 1.82) is 0 Å². The molecule has 0 unspecified atom stereocenters. The summed E-state index contributed by atoms with van der Waals surface area (Å²) >= 11 is 0. The first-order valence-electron chi connectivity index (χ1n) is 10.4.